The van der Waals surface area contributed by atoms with Gasteiger partial charge in [-0.3, -0.25) is 4.79 Å². The highest BCUT2D eigenvalue weighted by molar-refractivity contribution is 7.10. The summed E-state index contributed by atoms with van der Waals surface area (Å²) < 4.78 is 0. The van der Waals surface area contributed by atoms with Crippen molar-refractivity contribution in [3.8, 4) is 6.07 Å². The van der Waals surface area contributed by atoms with E-state index in [1.54, 1.807) is 11.3 Å². The van der Waals surface area contributed by atoms with Crippen LogP contribution in [0.1, 0.15) is 70.2 Å². The Morgan fingerprint density at radius 2 is 2.00 bits per heavy atom. The van der Waals surface area contributed by atoms with Gasteiger partial charge in [-0.05, 0) is 30.7 Å². The maximum atomic E-state index is 12.7. The molecule has 1 unspecified atom stereocenters. The number of carbonyl (C=O) groups excluding carboxylic acids is 1. The lowest BCUT2D eigenvalue weighted by molar-refractivity contribution is -0.129. The quantitative estimate of drug-likeness (QED) is 0.711. The molecule has 0 bridgehead atoms. The summed E-state index contributed by atoms with van der Waals surface area (Å²) in [5.41, 5.74) is -0.868. The van der Waals surface area contributed by atoms with Gasteiger partial charge in [0, 0.05) is 4.88 Å². The number of nitrogens with one attached hydrogen (secondary N) is 1. The molecular formula is C17H26N2OS. The maximum Gasteiger partial charge on any atom is 0.240 e. The molecule has 0 aliphatic heterocycles. The summed E-state index contributed by atoms with van der Waals surface area (Å²) in [5, 5.41) is 14.7. The van der Waals surface area contributed by atoms with Crippen LogP contribution in [-0.4, -0.2) is 5.91 Å². The Morgan fingerprint density at radius 1 is 1.33 bits per heavy atom. The molecule has 1 heterocycles. The van der Waals surface area contributed by atoms with Crippen LogP contribution in [0, 0.1) is 16.7 Å². The lowest BCUT2D eigenvalue weighted by atomic mass is 9.79. The first kappa shape index (κ1) is 17.7. The molecule has 0 aliphatic carbocycles. The minimum atomic E-state index is -0.868. The van der Waals surface area contributed by atoms with Crippen LogP contribution in [-0.2, 0) is 4.79 Å². The molecule has 0 aliphatic rings. The zero-order valence-corrected chi connectivity index (χ0v) is 14.1. The van der Waals surface area contributed by atoms with Gasteiger partial charge in [-0.1, -0.05) is 46.1 Å². The molecule has 0 saturated carbocycles. The summed E-state index contributed by atoms with van der Waals surface area (Å²) >= 11 is 1.66. The van der Waals surface area contributed by atoms with Gasteiger partial charge in [0.05, 0.1) is 12.1 Å². The highest BCUT2D eigenvalue weighted by Crippen LogP contribution is 2.32. The van der Waals surface area contributed by atoms with Gasteiger partial charge in [0.15, 0.2) is 0 Å². The lowest BCUT2D eigenvalue weighted by Gasteiger charge is -2.27. The topological polar surface area (TPSA) is 52.9 Å². The van der Waals surface area contributed by atoms with Crippen molar-refractivity contribution < 1.29 is 4.79 Å². The molecule has 0 radical (unpaired) electrons. The molecule has 0 fully saturated rings. The van der Waals surface area contributed by atoms with E-state index in [4.69, 9.17) is 0 Å². The number of hydrogen-bond acceptors (Lipinski definition) is 3. The van der Waals surface area contributed by atoms with Crippen molar-refractivity contribution in [1.82, 2.24) is 5.32 Å². The van der Waals surface area contributed by atoms with E-state index in [2.05, 4.69) is 24.4 Å². The summed E-state index contributed by atoms with van der Waals surface area (Å²) in [7, 11) is 0. The SMILES string of the molecule is CCCC(NC(=O)C(C#N)(CCC)CCC)c1cccs1. The van der Waals surface area contributed by atoms with Gasteiger partial charge in [0.1, 0.15) is 5.41 Å². The second kappa shape index (κ2) is 8.84. The van der Waals surface area contributed by atoms with Crippen LogP contribution in [0.15, 0.2) is 17.5 Å². The Balaban J connectivity index is 2.90. The minimum absolute atomic E-state index is 0.0314. The van der Waals surface area contributed by atoms with Crippen molar-refractivity contribution in [3.05, 3.63) is 22.4 Å². The van der Waals surface area contributed by atoms with Crippen LogP contribution < -0.4 is 5.32 Å². The number of hydrogen-bond donors (Lipinski definition) is 1. The fraction of sp³-hybridized carbons (Fsp3) is 0.647. The maximum absolute atomic E-state index is 12.7. The van der Waals surface area contributed by atoms with E-state index in [0.29, 0.717) is 12.8 Å². The molecule has 0 aromatic carbocycles. The highest BCUT2D eigenvalue weighted by Gasteiger charge is 2.38. The smallest absolute Gasteiger partial charge is 0.240 e. The average molecular weight is 306 g/mol. The van der Waals surface area contributed by atoms with Crippen molar-refractivity contribution in [2.24, 2.45) is 5.41 Å². The molecule has 1 atom stereocenters. The van der Waals surface area contributed by atoms with Crippen molar-refractivity contribution in [2.45, 2.75) is 65.3 Å². The first-order chi connectivity index (χ1) is 10.1. The van der Waals surface area contributed by atoms with Gasteiger partial charge < -0.3 is 5.32 Å². The van der Waals surface area contributed by atoms with E-state index in [0.717, 1.165) is 25.7 Å². The fourth-order valence-corrected chi connectivity index (χ4v) is 3.54. The predicted molar refractivity (Wildman–Crippen MR) is 88.0 cm³/mol. The van der Waals surface area contributed by atoms with Crippen LogP contribution in [0.3, 0.4) is 0 Å². The standard InChI is InChI=1S/C17H26N2OS/c1-4-8-14(15-9-7-12-21-15)19-16(20)17(13-18,10-5-2)11-6-3/h7,9,12,14H,4-6,8,10-11H2,1-3H3,(H,19,20). The highest BCUT2D eigenvalue weighted by atomic mass is 32.1. The van der Waals surface area contributed by atoms with E-state index >= 15 is 0 Å². The monoisotopic (exact) mass is 306 g/mol. The fourth-order valence-electron chi connectivity index (χ4n) is 2.73. The van der Waals surface area contributed by atoms with Crippen LogP contribution in [0.4, 0.5) is 0 Å². The van der Waals surface area contributed by atoms with Crippen LogP contribution in [0.5, 0.6) is 0 Å². The molecule has 116 valence electrons. The van der Waals surface area contributed by atoms with Crippen molar-refractivity contribution in [2.75, 3.05) is 0 Å². The Bertz CT molecular complexity index is 456. The zero-order valence-electron chi connectivity index (χ0n) is 13.3. The predicted octanol–water partition coefficient (Wildman–Crippen LogP) is 4.82. The van der Waals surface area contributed by atoms with E-state index in [9.17, 15) is 10.1 Å². The van der Waals surface area contributed by atoms with Crippen molar-refractivity contribution in [3.63, 3.8) is 0 Å². The van der Waals surface area contributed by atoms with Gasteiger partial charge >= 0.3 is 0 Å². The Kier molecular flexibility index (Phi) is 7.45. The summed E-state index contributed by atoms with van der Waals surface area (Å²) in [4.78, 5) is 13.9. The third-order valence-corrected chi connectivity index (χ3v) is 4.76. The molecular weight excluding hydrogens is 280 g/mol. The summed E-state index contributed by atoms with van der Waals surface area (Å²) in [6, 6.07) is 6.39. The second-order valence-electron chi connectivity index (χ2n) is 5.52. The van der Waals surface area contributed by atoms with Crippen LogP contribution >= 0.6 is 11.3 Å². The Morgan fingerprint density at radius 3 is 2.43 bits per heavy atom. The first-order valence-corrected chi connectivity index (χ1v) is 8.77. The van der Waals surface area contributed by atoms with Crippen molar-refractivity contribution in [1.29, 1.82) is 5.26 Å². The number of nitrogens with zero attached hydrogens (tertiary/aromatic N) is 1. The van der Waals surface area contributed by atoms with E-state index < -0.39 is 5.41 Å². The van der Waals surface area contributed by atoms with E-state index in [1.165, 1.54) is 4.88 Å². The molecule has 3 nitrogen and oxygen atoms in total. The summed E-state index contributed by atoms with van der Waals surface area (Å²) in [6.45, 7) is 6.16. The first-order valence-electron chi connectivity index (χ1n) is 7.89. The van der Waals surface area contributed by atoms with Crippen LogP contribution in [0.2, 0.25) is 0 Å². The lowest BCUT2D eigenvalue weighted by Crippen LogP contribution is -2.41. The van der Waals surface area contributed by atoms with Gasteiger partial charge in [-0.15, -0.1) is 11.3 Å². The minimum Gasteiger partial charge on any atom is -0.347 e. The molecule has 0 saturated heterocycles. The molecule has 21 heavy (non-hydrogen) atoms. The molecule has 1 amide bonds. The van der Waals surface area contributed by atoms with E-state index in [1.807, 2.05) is 25.3 Å². The molecule has 4 heteroatoms. The number of carbonyl (C=O) groups is 1. The largest absolute Gasteiger partial charge is 0.347 e. The van der Waals surface area contributed by atoms with Crippen molar-refractivity contribution >= 4 is 17.2 Å². The third kappa shape index (κ3) is 4.57. The number of thiophene rings is 1. The molecule has 1 N–H and O–H groups in total. The van der Waals surface area contributed by atoms with Crippen LogP contribution in [0.25, 0.3) is 0 Å². The normalized spacial score (nSPS) is 12.7. The van der Waals surface area contributed by atoms with Gasteiger partial charge in [0.2, 0.25) is 5.91 Å². The number of amides is 1. The van der Waals surface area contributed by atoms with Gasteiger partial charge in [-0.25, -0.2) is 0 Å². The molecule has 1 aromatic rings. The second-order valence-corrected chi connectivity index (χ2v) is 6.50. The molecule has 0 spiro atoms. The third-order valence-electron chi connectivity index (χ3n) is 3.77. The molecule has 1 rings (SSSR count). The van der Waals surface area contributed by atoms with Gasteiger partial charge in [-0.2, -0.15) is 5.26 Å². The Hall–Kier alpha value is -1.34. The summed E-state index contributed by atoms with van der Waals surface area (Å²) in [6.07, 6.45) is 4.87. The zero-order chi connectivity index (χ0) is 15.7. The Labute approximate surface area is 132 Å². The van der Waals surface area contributed by atoms with E-state index in [-0.39, 0.29) is 11.9 Å². The molecule has 1 aromatic heterocycles. The van der Waals surface area contributed by atoms with Gasteiger partial charge in [0.25, 0.3) is 0 Å². The number of nitriles is 1. The summed E-state index contributed by atoms with van der Waals surface area (Å²) in [5.74, 6) is -0.0967. The number of rotatable bonds is 9. The average Bonchev–Trinajstić information content (AvgIpc) is 3.00.